The summed E-state index contributed by atoms with van der Waals surface area (Å²) in [7, 11) is -1.57. The summed E-state index contributed by atoms with van der Waals surface area (Å²) in [6.45, 7) is 11.9. The molecule has 3 heteroatoms. The van der Waals surface area contributed by atoms with Gasteiger partial charge < -0.3 is 9.53 Å². The van der Waals surface area contributed by atoms with Crippen molar-refractivity contribution in [2.45, 2.75) is 57.8 Å². The first-order valence-electron chi connectivity index (χ1n) is 6.55. The Hall–Kier alpha value is 0.137. The first-order valence-corrected chi connectivity index (χ1v) is 9.46. The molecule has 2 atom stereocenters. The molecule has 2 aliphatic rings. The largest absolute Gasteiger partial charge is 0.414 e. The van der Waals surface area contributed by atoms with Gasteiger partial charge in [0.15, 0.2) is 8.32 Å². The van der Waals surface area contributed by atoms with Gasteiger partial charge in [-0.05, 0) is 48.7 Å². The maximum Gasteiger partial charge on any atom is 0.192 e. The van der Waals surface area contributed by atoms with Crippen molar-refractivity contribution >= 4 is 8.32 Å². The highest BCUT2D eigenvalue weighted by Gasteiger charge is 2.56. The minimum atomic E-state index is -1.57. The van der Waals surface area contributed by atoms with Crippen LogP contribution in [-0.2, 0) is 4.43 Å². The molecule has 16 heavy (non-hydrogen) atoms. The SMILES string of the molecule is CC(C)(C)[Si](C)(C)OC1CC2C(CO)C2C1. The van der Waals surface area contributed by atoms with Crippen molar-refractivity contribution in [2.75, 3.05) is 6.61 Å². The third-order valence-electron chi connectivity index (χ3n) is 5.06. The monoisotopic (exact) mass is 242 g/mol. The molecule has 2 aliphatic carbocycles. The molecule has 0 amide bonds. The predicted octanol–water partition coefficient (Wildman–Crippen LogP) is 3.03. The summed E-state index contributed by atoms with van der Waals surface area (Å²) in [6.07, 6.45) is 2.88. The smallest absolute Gasteiger partial charge is 0.192 e. The highest BCUT2D eigenvalue weighted by atomic mass is 28.4. The van der Waals surface area contributed by atoms with Crippen LogP contribution in [0.3, 0.4) is 0 Å². The molecular formula is C13H26O2Si. The van der Waals surface area contributed by atoms with E-state index in [2.05, 4.69) is 33.9 Å². The van der Waals surface area contributed by atoms with Gasteiger partial charge in [-0.25, -0.2) is 0 Å². The van der Waals surface area contributed by atoms with Gasteiger partial charge in [0.25, 0.3) is 0 Å². The fraction of sp³-hybridized carbons (Fsp3) is 1.00. The third kappa shape index (κ3) is 2.09. The molecule has 0 radical (unpaired) electrons. The molecule has 2 nitrogen and oxygen atoms in total. The van der Waals surface area contributed by atoms with E-state index in [1.165, 1.54) is 12.8 Å². The van der Waals surface area contributed by atoms with E-state index in [0.717, 1.165) is 11.8 Å². The van der Waals surface area contributed by atoms with Gasteiger partial charge >= 0.3 is 0 Å². The molecule has 2 saturated carbocycles. The summed E-state index contributed by atoms with van der Waals surface area (Å²) in [6, 6.07) is 0. The minimum absolute atomic E-state index is 0.316. The zero-order valence-electron chi connectivity index (χ0n) is 11.3. The Morgan fingerprint density at radius 2 is 1.69 bits per heavy atom. The molecule has 0 aromatic rings. The van der Waals surface area contributed by atoms with Gasteiger partial charge in [0.05, 0.1) is 0 Å². The molecule has 2 fully saturated rings. The molecule has 0 aliphatic heterocycles. The Bertz CT molecular complexity index is 258. The molecule has 0 saturated heterocycles. The van der Waals surface area contributed by atoms with Gasteiger partial charge in [0.2, 0.25) is 0 Å². The van der Waals surface area contributed by atoms with Crippen molar-refractivity contribution in [3.05, 3.63) is 0 Å². The summed E-state index contributed by atoms with van der Waals surface area (Å²) >= 11 is 0. The van der Waals surface area contributed by atoms with Crippen LogP contribution in [0.1, 0.15) is 33.6 Å². The summed E-state index contributed by atoms with van der Waals surface area (Å²) < 4.78 is 6.41. The predicted molar refractivity (Wildman–Crippen MR) is 68.9 cm³/mol. The second kappa shape index (κ2) is 3.82. The van der Waals surface area contributed by atoms with Crippen LogP contribution in [0.5, 0.6) is 0 Å². The Morgan fingerprint density at radius 1 is 1.19 bits per heavy atom. The summed E-state index contributed by atoms with van der Waals surface area (Å²) in [4.78, 5) is 0. The van der Waals surface area contributed by atoms with Crippen LogP contribution in [0.25, 0.3) is 0 Å². The Balaban J connectivity index is 1.85. The number of aliphatic hydroxyl groups excluding tert-OH is 1. The molecule has 0 heterocycles. The highest BCUT2D eigenvalue weighted by molar-refractivity contribution is 6.74. The topological polar surface area (TPSA) is 29.5 Å². The fourth-order valence-corrected chi connectivity index (χ4v) is 4.27. The van der Waals surface area contributed by atoms with Crippen LogP contribution >= 0.6 is 0 Å². The van der Waals surface area contributed by atoms with E-state index in [-0.39, 0.29) is 0 Å². The molecule has 0 bridgehead atoms. The zero-order chi connectivity index (χ0) is 12.1. The van der Waals surface area contributed by atoms with E-state index < -0.39 is 8.32 Å². The molecule has 0 aromatic carbocycles. The third-order valence-corrected chi connectivity index (χ3v) is 9.59. The number of aliphatic hydroxyl groups is 1. The van der Waals surface area contributed by atoms with Gasteiger partial charge in [0, 0.05) is 12.7 Å². The highest BCUT2D eigenvalue weighted by Crippen LogP contribution is 2.58. The van der Waals surface area contributed by atoms with Crippen LogP contribution < -0.4 is 0 Å². The van der Waals surface area contributed by atoms with Gasteiger partial charge in [-0.1, -0.05) is 20.8 Å². The standard InChI is InChI=1S/C13H26O2Si/c1-13(2,3)16(4,5)15-9-6-10-11(7-9)12(10)8-14/h9-12,14H,6-8H2,1-5H3. The molecule has 0 spiro atoms. The Kier molecular flexibility index (Phi) is 3.01. The van der Waals surface area contributed by atoms with E-state index in [4.69, 9.17) is 9.53 Å². The molecule has 2 unspecified atom stereocenters. The van der Waals surface area contributed by atoms with Crippen LogP contribution in [-0.4, -0.2) is 26.1 Å². The lowest BCUT2D eigenvalue weighted by Gasteiger charge is -2.39. The van der Waals surface area contributed by atoms with Crippen LogP contribution in [0.2, 0.25) is 18.1 Å². The van der Waals surface area contributed by atoms with Gasteiger partial charge in [-0.2, -0.15) is 0 Å². The number of hydrogen-bond acceptors (Lipinski definition) is 2. The van der Waals surface area contributed by atoms with E-state index in [9.17, 15) is 0 Å². The van der Waals surface area contributed by atoms with Crippen molar-refractivity contribution in [2.24, 2.45) is 17.8 Å². The van der Waals surface area contributed by atoms with Gasteiger partial charge in [0.1, 0.15) is 0 Å². The normalized spacial score (nSPS) is 38.6. The lowest BCUT2D eigenvalue weighted by molar-refractivity contribution is 0.155. The number of fused-ring (bicyclic) bond motifs is 1. The quantitative estimate of drug-likeness (QED) is 0.771. The summed E-state index contributed by atoms with van der Waals surface area (Å²) in [5, 5.41) is 9.44. The van der Waals surface area contributed by atoms with Crippen molar-refractivity contribution in [3.63, 3.8) is 0 Å². The first-order chi connectivity index (χ1) is 7.26. The average Bonchev–Trinajstić information content (AvgIpc) is 2.59. The Labute approximate surface area is 101 Å². The van der Waals surface area contributed by atoms with E-state index in [0.29, 0.717) is 23.7 Å². The molecule has 2 rings (SSSR count). The van der Waals surface area contributed by atoms with Crippen LogP contribution in [0.4, 0.5) is 0 Å². The number of rotatable bonds is 3. The molecule has 1 N–H and O–H groups in total. The van der Waals surface area contributed by atoms with Gasteiger partial charge in [-0.3, -0.25) is 0 Å². The average molecular weight is 242 g/mol. The van der Waals surface area contributed by atoms with Crippen molar-refractivity contribution < 1.29 is 9.53 Å². The lowest BCUT2D eigenvalue weighted by atomic mass is 10.1. The van der Waals surface area contributed by atoms with Crippen LogP contribution in [0, 0.1) is 17.8 Å². The van der Waals surface area contributed by atoms with Crippen molar-refractivity contribution in [1.29, 1.82) is 0 Å². The molecule has 0 aromatic heterocycles. The maximum atomic E-state index is 9.13. The van der Waals surface area contributed by atoms with E-state index in [1.54, 1.807) is 0 Å². The Morgan fingerprint density at radius 3 is 2.06 bits per heavy atom. The van der Waals surface area contributed by atoms with Crippen molar-refractivity contribution in [1.82, 2.24) is 0 Å². The second-order valence-electron chi connectivity index (χ2n) is 7.15. The fourth-order valence-electron chi connectivity index (χ4n) is 2.89. The summed E-state index contributed by atoms with van der Waals surface area (Å²) in [5.41, 5.74) is 0. The first kappa shape index (κ1) is 12.6. The van der Waals surface area contributed by atoms with Crippen molar-refractivity contribution in [3.8, 4) is 0 Å². The van der Waals surface area contributed by atoms with Crippen LogP contribution in [0.15, 0.2) is 0 Å². The minimum Gasteiger partial charge on any atom is -0.414 e. The van der Waals surface area contributed by atoms with E-state index >= 15 is 0 Å². The molecule has 94 valence electrons. The summed E-state index contributed by atoms with van der Waals surface area (Å²) in [5.74, 6) is 2.17. The second-order valence-corrected chi connectivity index (χ2v) is 11.9. The van der Waals surface area contributed by atoms with Gasteiger partial charge in [-0.15, -0.1) is 0 Å². The molecular weight excluding hydrogens is 216 g/mol. The van der Waals surface area contributed by atoms with E-state index in [1.807, 2.05) is 0 Å². The zero-order valence-corrected chi connectivity index (χ0v) is 12.3. The lowest BCUT2D eigenvalue weighted by Crippen LogP contribution is -2.43. The maximum absolute atomic E-state index is 9.13. The number of hydrogen-bond donors (Lipinski definition) is 1.